The maximum absolute atomic E-state index is 10.8. The van der Waals surface area contributed by atoms with Crippen molar-refractivity contribution in [3.8, 4) is 0 Å². The third kappa shape index (κ3) is 1.90. The molecule has 0 bridgehead atoms. The highest BCUT2D eigenvalue weighted by Crippen LogP contribution is 2.30. The normalized spacial score (nSPS) is 29.5. The Kier molecular flexibility index (Phi) is 2.86. The summed E-state index contributed by atoms with van der Waals surface area (Å²) >= 11 is 0. The number of aliphatic hydroxyl groups is 2. The van der Waals surface area contributed by atoms with E-state index in [1.165, 1.54) is 0 Å². The standard InChI is InChI=1S/C8H12N4O4/c9-6(15)8-10-7(11-12-8)4-1-3(14)5(2-13)16-4/h3-5,13-14H,1-2H2,(H2,9,15)(H,10,11,12)/t3-,4-,5-/m1/s1. The Balaban J connectivity index is 2.11. The number of aliphatic hydroxyl groups excluding tert-OH is 2. The summed E-state index contributed by atoms with van der Waals surface area (Å²) in [6.45, 7) is -0.269. The molecule has 0 aliphatic carbocycles. The van der Waals surface area contributed by atoms with E-state index in [2.05, 4.69) is 15.2 Å². The molecule has 0 saturated carbocycles. The first kappa shape index (κ1) is 11.0. The Hall–Kier alpha value is -1.51. The van der Waals surface area contributed by atoms with E-state index in [0.717, 1.165) is 0 Å². The average molecular weight is 228 g/mol. The van der Waals surface area contributed by atoms with Gasteiger partial charge in [-0.2, -0.15) is 0 Å². The summed E-state index contributed by atoms with van der Waals surface area (Å²) < 4.78 is 5.32. The summed E-state index contributed by atoms with van der Waals surface area (Å²) in [5.74, 6) is -0.538. The van der Waals surface area contributed by atoms with Gasteiger partial charge in [-0.1, -0.05) is 0 Å². The van der Waals surface area contributed by atoms with Gasteiger partial charge in [-0.05, 0) is 0 Å². The fourth-order valence-electron chi connectivity index (χ4n) is 1.60. The summed E-state index contributed by atoms with van der Waals surface area (Å²) in [4.78, 5) is 14.6. The van der Waals surface area contributed by atoms with Gasteiger partial charge in [-0.3, -0.25) is 9.89 Å². The molecule has 2 rings (SSSR count). The van der Waals surface area contributed by atoms with Crippen molar-refractivity contribution >= 4 is 5.91 Å². The molecule has 2 heterocycles. The summed E-state index contributed by atoms with van der Waals surface area (Å²) in [7, 11) is 0. The molecule has 0 radical (unpaired) electrons. The third-order valence-corrected chi connectivity index (χ3v) is 2.43. The Morgan fingerprint density at radius 3 is 2.94 bits per heavy atom. The van der Waals surface area contributed by atoms with Gasteiger partial charge in [0.2, 0.25) is 5.82 Å². The van der Waals surface area contributed by atoms with Gasteiger partial charge in [0.1, 0.15) is 12.2 Å². The Labute approximate surface area is 90.4 Å². The number of primary amides is 1. The minimum atomic E-state index is -0.753. The second-order valence-electron chi connectivity index (χ2n) is 3.56. The van der Waals surface area contributed by atoms with Gasteiger partial charge in [0, 0.05) is 6.42 Å². The van der Waals surface area contributed by atoms with Gasteiger partial charge < -0.3 is 20.7 Å². The van der Waals surface area contributed by atoms with Crippen molar-refractivity contribution in [2.24, 2.45) is 5.73 Å². The predicted octanol–water partition coefficient (Wildman–Crippen LogP) is -1.91. The van der Waals surface area contributed by atoms with Crippen LogP contribution in [-0.4, -0.2) is 50.1 Å². The van der Waals surface area contributed by atoms with Crippen LogP contribution in [0.5, 0.6) is 0 Å². The summed E-state index contributed by atoms with van der Waals surface area (Å²) in [5, 5.41) is 24.5. The van der Waals surface area contributed by atoms with Crippen LogP contribution in [0, 0.1) is 0 Å². The van der Waals surface area contributed by atoms with Crippen LogP contribution >= 0.6 is 0 Å². The van der Waals surface area contributed by atoms with E-state index in [1.54, 1.807) is 0 Å². The number of carbonyl (C=O) groups is 1. The SMILES string of the molecule is NC(=O)c1n[nH]c([C@H]2C[C@@H](O)[C@@H](CO)O2)n1. The molecule has 88 valence electrons. The first-order valence-electron chi connectivity index (χ1n) is 4.78. The van der Waals surface area contributed by atoms with Crippen molar-refractivity contribution < 1.29 is 19.7 Å². The van der Waals surface area contributed by atoms with Crippen molar-refractivity contribution in [3.05, 3.63) is 11.6 Å². The average Bonchev–Trinajstić information content (AvgIpc) is 2.83. The van der Waals surface area contributed by atoms with Gasteiger partial charge >= 0.3 is 0 Å². The predicted molar refractivity (Wildman–Crippen MR) is 50.2 cm³/mol. The third-order valence-electron chi connectivity index (χ3n) is 2.43. The smallest absolute Gasteiger partial charge is 0.288 e. The number of hydrogen-bond acceptors (Lipinski definition) is 6. The molecule has 1 aromatic heterocycles. The molecule has 0 spiro atoms. The second kappa shape index (κ2) is 4.16. The van der Waals surface area contributed by atoms with E-state index in [4.69, 9.17) is 15.6 Å². The van der Waals surface area contributed by atoms with Crippen molar-refractivity contribution in [1.82, 2.24) is 15.2 Å². The highest BCUT2D eigenvalue weighted by atomic mass is 16.5. The van der Waals surface area contributed by atoms with Crippen LogP contribution in [0.15, 0.2) is 0 Å². The molecule has 1 aromatic rings. The van der Waals surface area contributed by atoms with Crippen molar-refractivity contribution in [3.63, 3.8) is 0 Å². The lowest BCUT2D eigenvalue weighted by Gasteiger charge is -2.09. The fraction of sp³-hybridized carbons (Fsp3) is 0.625. The van der Waals surface area contributed by atoms with Crippen LogP contribution in [0.1, 0.15) is 29.0 Å². The first-order valence-corrected chi connectivity index (χ1v) is 4.78. The lowest BCUT2D eigenvalue weighted by atomic mass is 10.1. The van der Waals surface area contributed by atoms with Gasteiger partial charge in [0.05, 0.1) is 12.7 Å². The molecule has 1 fully saturated rings. The largest absolute Gasteiger partial charge is 0.394 e. The summed E-state index contributed by atoms with van der Waals surface area (Å²) in [5.41, 5.74) is 4.99. The fourth-order valence-corrected chi connectivity index (χ4v) is 1.60. The van der Waals surface area contributed by atoms with Crippen LogP contribution in [-0.2, 0) is 4.74 Å². The molecule has 16 heavy (non-hydrogen) atoms. The number of aromatic amines is 1. The van der Waals surface area contributed by atoms with E-state index in [9.17, 15) is 9.90 Å². The highest BCUT2D eigenvalue weighted by molar-refractivity contribution is 5.88. The lowest BCUT2D eigenvalue weighted by molar-refractivity contribution is -0.0246. The molecule has 0 aromatic carbocycles. The van der Waals surface area contributed by atoms with E-state index in [1.807, 2.05) is 0 Å². The van der Waals surface area contributed by atoms with Crippen LogP contribution in [0.3, 0.4) is 0 Å². The van der Waals surface area contributed by atoms with Crippen molar-refractivity contribution in [1.29, 1.82) is 0 Å². The van der Waals surface area contributed by atoms with Crippen LogP contribution in [0.25, 0.3) is 0 Å². The molecule has 1 aliphatic rings. The zero-order chi connectivity index (χ0) is 11.7. The number of amides is 1. The Morgan fingerprint density at radius 1 is 1.69 bits per heavy atom. The van der Waals surface area contributed by atoms with E-state index >= 15 is 0 Å². The van der Waals surface area contributed by atoms with Crippen LogP contribution in [0.4, 0.5) is 0 Å². The molecule has 0 unspecified atom stereocenters. The number of rotatable bonds is 3. The number of hydrogen-bond donors (Lipinski definition) is 4. The maximum Gasteiger partial charge on any atom is 0.288 e. The zero-order valence-electron chi connectivity index (χ0n) is 8.33. The molecule has 1 saturated heterocycles. The molecule has 1 amide bonds. The van der Waals surface area contributed by atoms with E-state index < -0.39 is 24.2 Å². The van der Waals surface area contributed by atoms with E-state index in [0.29, 0.717) is 12.2 Å². The van der Waals surface area contributed by atoms with E-state index in [-0.39, 0.29) is 12.4 Å². The molecule has 1 aliphatic heterocycles. The minimum absolute atomic E-state index is 0.125. The lowest BCUT2D eigenvalue weighted by Crippen LogP contribution is -2.24. The van der Waals surface area contributed by atoms with Crippen molar-refractivity contribution in [2.75, 3.05) is 6.61 Å². The number of H-pyrrole nitrogens is 1. The quantitative estimate of drug-likeness (QED) is 0.476. The Morgan fingerprint density at radius 2 is 2.44 bits per heavy atom. The number of ether oxygens (including phenoxy) is 1. The molecule has 3 atom stereocenters. The first-order chi connectivity index (χ1) is 7.61. The van der Waals surface area contributed by atoms with Crippen LogP contribution in [0.2, 0.25) is 0 Å². The summed E-state index contributed by atoms with van der Waals surface area (Å²) in [6, 6.07) is 0. The molecular formula is C8H12N4O4. The topological polar surface area (TPSA) is 134 Å². The molecular weight excluding hydrogens is 216 g/mol. The second-order valence-corrected chi connectivity index (χ2v) is 3.56. The maximum atomic E-state index is 10.8. The summed E-state index contributed by atoms with van der Waals surface area (Å²) in [6.07, 6.45) is -1.60. The van der Waals surface area contributed by atoms with Crippen LogP contribution < -0.4 is 5.73 Å². The monoisotopic (exact) mass is 228 g/mol. The zero-order valence-corrected chi connectivity index (χ0v) is 8.33. The van der Waals surface area contributed by atoms with Gasteiger partial charge in [0.15, 0.2) is 5.82 Å². The molecule has 8 nitrogen and oxygen atoms in total. The number of nitrogens with zero attached hydrogens (tertiary/aromatic N) is 2. The number of aromatic nitrogens is 3. The number of nitrogens with two attached hydrogens (primary N) is 1. The van der Waals surface area contributed by atoms with Gasteiger partial charge in [-0.25, -0.2) is 4.98 Å². The minimum Gasteiger partial charge on any atom is -0.394 e. The Bertz CT molecular complexity index is 393. The molecule has 8 heteroatoms. The number of carbonyl (C=O) groups excluding carboxylic acids is 1. The molecule has 5 N–H and O–H groups in total. The van der Waals surface area contributed by atoms with Crippen molar-refractivity contribution in [2.45, 2.75) is 24.7 Å². The van der Waals surface area contributed by atoms with Gasteiger partial charge in [-0.15, -0.1) is 5.10 Å². The highest BCUT2D eigenvalue weighted by Gasteiger charge is 2.36. The van der Waals surface area contributed by atoms with Gasteiger partial charge in [0.25, 0.3) is 5.91 Å². The number of nitrogens with one attached hydrogen (secondary N) is 1.